The van der Waals surface area contributed by atoms with Crippen LogP contribution in [0, 0.1) is 0 Å². The predicted molar refractivity (Wildman–Crippen MR) is 114 cm³/mol. The summed E-state index contributed by atoms with van der Waals surface area (Å²) < 4.78 is 0. The van der Waals surface area contributed by atoms with Crippen LogP contribution in [-0.4, -0.2) is 81.8 Å². The SMILES string of the molecule is NC(=O)CCC(NC(=O)C(N)CC(=O)O)C(=O)NC(CCC(N)=O)C(=O)NC(CC(N)=O)C(=O)O. The fraction of sp³-hybridized carbons (Fsp3) is 0.556. The number of nitrogens with two attached hydrogens (primary N) is 4. The summed E-state index contributed by atoms with van der Waals surface area (Å²) in [6.45, 7) is 0. The lowest BCUT2D eigenvalue weighted by atomic mass is 10.1. The van der Waals surface area contributed by atoms with E-state index in [-0.39, 0.29) is 6.42 Å². The lowest BCUT2D eigenvalue weighted by Gasteiger charge is -2.24. The second kappa shape index (κ2) is 14.8. The molecule has 6 amide bonds. The fourth-order valence-corrected chi connectivity index (χ4v) is 2.62. The number of carboxylic acid groups (broad SMARTS) is 2. The first-order valence-electron chi connectivity index (χ1n) is 10.1. The largest absolute Gasteiger partial charge is 0.481 e. The van der Waals surface area contributed by atoms with Crippen molar-refractivity contribution in [1.29, 1.82) is 0 Å². The Morgan fingerprint density at radius 2 is 1.00 bits per heavy atom. The quantitative estimate of drug-likeness (QED) is 0.0902. The number of hydrogen-bond donors (Lipinski definition) is 9. The molecule has 0 radical (unpaired) electrons. The van der Waals surface area contributed by atoms with E-state index in [0.717, 1.165) is 0 Å². The Morgan fingerprint density at radius 1 is 0.600 bits per heavy atom. The molecule has 0 saturated heterocycles. The number of carbonyl (C=O) groups excluding carboxylic acids is 6. The molecule has 0 bridgehead atoms. The Bertz CT molecular complexity index is 863. The smallest absolute Gasteiger partial charge is 0.326 e. The minimum Gasteiger partial charge on any atom is -0.481 e. The standard InChI is InChI=1S/C18H29N7O10/c19-7(5-14(29)30)15(31)23-8(1-3-11(20)26)16(32)24-9(2-4-12(21)27)17(33)25-10(18(34)35)6-13(22)28/h7-10H,1-6,19H2,(H2,20,26)(H2,21,27)(H2,22,28)(H,23,31)(H,24,32)(H,25,33)(H,29,30)(H,34,35). The van der Waals surface area contributed by atoms with Crippen LogP contribution >= 0.6 is 0 Å². The second-order valence-corrected chi connectivity index (χ2v) is 7.41. The third-order valence-corrected chi connectivity index (χ3v) is 4.38. The Morgan fingerprint density at radius 3 is 1.34 bits per heavy atom. The molecule has 0 saturated carbocycles. The van der Waals surface area contributed by atoms with Gasteiger partial charge in [-0.1, -0.05) is 0 Å². The van der Waals surface area contributed by atoms with Crippen molar-refractivity contribution in [2.45, 2.75) is 62.7 Å². The maximum absolute atomic E-state index is 12.8. The van der Waals surface area contributed by atoms with Crippen molar-refractivity contribution in [3.8, 4) is 0 Å². The summed E-state index contributed by atoms with van der Waals surface area (Å²) in [6, 6.07) is -6.37. The summed E-state index contributed by atoms with van der Waals surface area (Å²) >= 11 is 0. The summed E-state index contributed by atoms with van der Waals surface area (Å²) in [7, 11) is 0. The van der Waals surface area contributed by atoms with Crippen LogP contribution in [0.4, 0.5) is 0 Å². The molecule has 17 heteroatoms. The number of rotatable bonds is 17. The Kier molecular flexibility index (Phi) is 13.0. The molecule has 0 aliphatic heterocycles. The van der Waals surface area contributed by atoms with Gasteiger partial charge in [0.2, 0.25) is 35.4 Å². The number of aliphatic carboxylic acids is 2. The first-order valence-corrected chi connectivity index (χ1v) is 10.1. The molecule has 0 aromatic rings. The number of nitrogens with one attached hydrogen (secondary N) is 3. The third kappa shape index (κ3) is 13.1. The van der Waals surface area contributed by atoms with Crippen LogP contribution in [0.15, 0.2) is 0 Å². The molecule has 4 unspecified atom stereocenters. The summed E-state index contributed by atoms with van der Waals surface area (Å²) in [6.07, 6.45) is -3.12. The van der Waals surface area contributed by atoms with Crippen LogP contribution in [0.1, 0.15) is 38.5 Å². The summed E-state index contributed by atoms with van der Waals surface area (Å²) in [5.74, 6) is -8.96. The van der Waals surface area contributed by atoms with Crippen LogP contribution in [0.25, 0.3) is 0 Å². The normalized spacial score (nSPS) is 13.9. The Hall–Kier alpha value is -4.28. The average Bonchev–Trinajstić information content (AvgIpc) is 2.71. The van der Waals surface area contributed by atoms with Crippen molar-refractivity contribution in [1.82, 2.24) is 16.0 Å². The van der Waals surface area contributed by atoms with Crippen LogP contribution in [0.3, 0.4) is 0 Å². The van der Waals surface area contributed by atoms with Crippen LogP contribution in [-0.2, 0) is 38.4 Å². The van der Waals surface area contributed by atoms with Crippen molar-refractivity contribution in [2.75, 3.05) is 0 Å². The molecule has 0 heterocycles. The van der Waals surface area contributed by atoms with Crippen molar-refractivity contribution >= 4 is 47.4 Å². The molecule has 0 aliphatic carbocycles. The zero-order chi connectivity index (χ0) is 27.3. The van der Waals surface area contributed by atoms with Crippen LogP contribution < -0.4 is 38.9 Å². The molecule has 196 valence electrons. The van der Waals surface area contributed by atoms with Crippen molar-refractivity contribution in [2.24, 2.45) is 22.9 Å². The Labute approximate surface area is 198 Å². The third-order valence-electron chi connectivity index (χ3n) is 4.38. The molecule has 13 N–H and O–H groups in total. The van der Waals surface area contributed by atoms with Gasteiger partial charge < -0.3 is 49.1 Å². The van der Waals surface area contributed by atoms with E-state index >= 15 is 0 Å². The minimum absolute atomic E-state index is 0.365. The van der Waals surface area contributed by atoms with E-state index in [4.69, 9.17) is 33.1 Å². The van der Waals surface area contributed by atoms with Gasteiger partial charge in [0, 0.05) is 12.8 Å². The zero-order valence-corrected chi connectivity index (χ0v) is 18.5. The maximum atomic E-state index is 12.8. The number of hydrogen-bond acceptors (Lipinski definition) is 9. The van der Waals surface area contributed by atoms with Gasteiger partial charge in [0.25, 0.3) is 0 Å². The fourth-order valence-electron chi connectivity index (χ4n) is 2.62. The van der Waals surface area contributed by atoms with Crippen LogP contribution in [0.5, 0.6) is 0 Å². The first kappa shape index (κ1) is 30.7. The lowest BCUT2D eigenvalue weighted by Crippen LogP contribution is -2.57. The second-order valence-electron chi connectivity index (χ2n) is 7.41. The number of carboxylic acids is 2. The maximum Gasteiger partial charge on any atom is 0.326 e. The average molecular weight is 503 g/mol. The predicted octanol–water partition coefficient (Wildman–Crippen LogP) is -5.27. The number of amides is 6. The molecule has 0 aliphatic rings. The van der Waals surface area contributed by atoms with Gasteiger partial charge in [-0.3, -0.25) is 33.6 Å². The van der Waals surface area contributed by atoms with E-state index in [1.54, 1.807) is 0 Å². The Balaban J connectivity index is 5.67. The summed E-state index contributed by atoms with van der Waals surface area (Å²) in [5.41, 5.74) is 20.5. The first-order chi connectivity index (χ1) is 16.1. The zero-order valence-electron chi connectivity index (χ0n) is 18.5. The van der Waals surface area contributed by atoms with Crippen LogP contribution in [0.2, 0.25) is 0 Å². The molecule has 0 fully saturated rings. The van der Waals surface area contributed by atoms with E-state index in [1.165, 1.54) is 0 Å². The summed E-state index contributed by atoms with van der Waals surface area (Å²) in [4.78, 5) is 92.9. The van der Waals surface area contributed by atoms with Crippen molar-refractivity contribution < 1.29 is 48.6 Å². The van der Waals surface area contributed by atoms with Gasteiger partial charge >= 0.3 is 11.9 Å². The molecular weight excluding hydrogens is 474 g/mol. The highest BCUT2D eigenvalue weighted by Gasteiger charge is 2.31. The van der Waals surface area contributed by atoms with E-state index in [0.29, 0.717) is 0 Å². The lowest BCUT2D eigenvalue weighted by molar-refractivity contribution is -0.144. The minimum atomic E-state index is -1.74. The van der Waals surface area contributed by atoms with Gasteiger partial charge in [-0.15, -0.1) is 0 Å². The molecule has 35 heavy (non-hydrogen) atoms. The van der Waals surface area contributed by atoms with Gasteiger partial charge in [-0.25, -0.2) is 4.79 Å². The van der Waals surface area contributed by atoms with Gasteiger partial charge in [0.15, 0.2) is 0 Å². The van der Waals surface area contributed by atoms with Crippen molar-refractivity contribution in [3.63, 3.8) is 0 Å². The van der Waals surface area contributed by atoms with Gasteiger partial charge in [-0.2, -0.15) is 0 Å². The monoisotopic (exact) mass is 503 g/mol. The van der Waals surface area contributed by atoms with Gasteiger partial charge in [-0.05, 0) is 12.8 Å². The van der Waals surface area contributed by atoms with E-state index in [9.17, 15) is 38.4 Å². The highest BCUT2D eigenvalue weighted by atomic mass is 16.4. The molecule has 0 spiro atoms. The van der Waals surface area contributed by atoms with E-state index in [2.05, 4.69) is 10.6 Å². The highest BCUT2D eigenvalue weighted by molar-refractivity contribution is 5.95. The van der Waals surface area contributed by atoms with E-state index in [1.807, 2.05) is 5.32 Å². The topological polar surface area (TPSA) is 317 Å². The van der Waals surface area contributed by atoms with Gasteiger partial charge in [0.05, 0.1) is 18.9 Å². The van der Waals surface area contributed by atoms with Crippen molar-refractivity contribution in [3.05, 3.63) is 0 Å². The summed E-state index contributed by atoms with van der Waals surface area (Å²) in [5, 5.41) is 24.2. The molecule has 17 nitrogen and oxygen atoms in total. The van der Waals surface area contributed by atoms with Gasteiger partial charge in [0.1, 0.15) is 18.1 Å². The highest BCUT2D eigenvalue weighted by Crippen LogP contribution is 2.05. The molecule has 0 aromatic carbocycles. The molecule has 0 aromatic heterocycles. The molecule has 4 atom stereocenters. The van der Waals surface area contributed by atoms with E-state index < -0.39 is 104 Å². The number of primary amides is 3. The molecule has 0 rings (SSSR count). The molecular formula is C18H29N7O10. The number of carbonyl (C=O) groups is 8.